The molecule has 1 atom stereocenters. The van der Waals surface area contributed by atoms with Crippen LogP contribution in [0, 0.1) is 0 Å². The van der Waals surface area contributed by atoms with Gasteiger partial charge in [-0.15, -0.1) is 0 Å². The molecule has 1 aliphatic heterocycles. The first-order chi connectivity index (χ1) is 10.0. The lowest BCUT2D eigenvalue weighted by Gasteiger charge is -2.14. The molecule has 0 aromatic heterocycles. The quantitative estimate of drug-likeness (QED) is 0.814. The minimum absolute atomic E-state index is 0.0671. The van der Waals surface area contributed by atoms with Crippen LogP contribution in [0.3, 0.4) is 0 Å². The van der Waals surface area contributed by atoms with Gasteiger partial charge in [0.1, 0.15) is 18.1 Å². The first kappa shape index (κ1) is 13.6. The Morgan fingerprint density at radius 2 is 2.14 bits per heavy atom. The van der Waals surface area contributed by atoms with Crippen LogP contribution in [-0.2, 0) is 0 Å². The summed E-state index contributed by atoms with van der Waals surface area (Å²) in [5.41, 5.74) is 7.22. The Bertz CT molecular complexity index is 718. The van der Waals surface area contributed by atoms with Crippen molar-refractivity contribution in [3.05, 3.63) is 52.5 Å². The van der Waals surface area contributed by atoms with Crippen molar-refractivity contribution in [1.82, 2.24) is 0 Å². The van der Waals surface area contributed by atoms with E-state index in [9.17, 15) is 9.90 Å². The topological polar surface area (TPSA) is 84.6 Å². The predicted molar refractivity (Wildman–Crippen MR) is 79.9 cm³/mol. The highest BCUT2D eigenvalue weighted by molar-refractivity contribution is 6.33. The van der Waals surface area contributed by atoms with Crippen molar-refractivity contribution in [2.24, 2.45) is 5.73 Å². The smallest absolute Gasteiger partial charge is 0.250 e. The molecule has 0 spiro atoms. The molecule has 1 unspecified atom stereocenters. The number of ether oxygens (including phenoxy) is 1. The van der Waals surface area contributed by atoms with Gasteiger partial charge in [0.2, 0.25) is 5.91 Å². The number of nitrogens with one attached hydrogen (secondary N) is 1. The summed E-state index contributed by atoms with van der Waals surface area (Å²) in [4.78, 5) is 11.3. The molecular weight excluding hydrogens is 292 g/mol. The number of primary amides is 1. The minimum atomic E-state index is -0.573. The molecule has 1 amide bonds. The Labute approximate surface area is 126 Å². The molecule has 0 aliphatic carbocycles. The summed E-state index contributed by atoms with van der Waals surface area (Å²) in [5.74, 6) is 0.241. The number of rotatable bonds is 3. The normalized spacial score (nSPS) is 16.1. The van der Waals surface area contributed by atoms with Crippen LogP contribution in [0.1, 0.15) is 22.0 Å². The van der Waals surface area contributed by atoms with Gasteiger partial charge in [0, 0.05) is 17.3 Å². The van der Waals surface area contributed by atoms with E-state index in [-0.39, 0.29) is 17.4 Å². The second-order valence-corrected chi connectivity index (χ2v) is 5.20. The maximum Gasteiger partial charge on any atom is 0.250 e. The van der Waals surface area contributed by atoms with Gasteiger partial charge in [-0.25, -0.2) is 0 Å². The fourth-order valence-corrected chi connectivity index (χ4v) is 2.53. The molecule has 108 valence electrons. The van der Waals surface area contributed by atoms with Gasteiger partial charge in [-0.05, 0) is 30.3 Å². The number of phenols is 1. The van der Waals surface area contributed by atoms with Gasteiger partial charge in [0.05, 0.1) is 16.6 Å². The van der Waals surface area contributed by atoms with Crippen molar-refractivity contribution in [1.29, 1.82) is 0 Å². The van der Waals surface area contributed by atoms with Crippen molar-refractivity contribution in [3.8, 4) is 11.5 Å². The van der Waals surface area contributed by atoms with Crippen molar-refractivity contribution in [2.45, 2.75) is 6.04 Å². The summed E-state index contributed by atoms with van der Waals surface area (Å²) in [6.45, 7) is 0.438. The van der Waals surface area contributed by atoms with E-state index in [1.54, 1.807) is 36.4 Å². The van der Waals surface area contributed by atoms with Crippen molar-refractivity contribution >= 4 is 23.2 Å². The molecule has 4 N–H and O–H groups in total. The van der Waals surface area contributed by atoms with Crippen LogP contribution in [0.5, 0.6) is 11.5 Å². The number of hydrogen-bond acceptors (Lipinski definition) is 4. The van der Waals surface area contributed by atoms with E-state index in [0.717, 1.165) is 11.3 Å². The molecule has 6 heteroatoms. The maximum absolute atomic E-state index is 11.3. The van der Waals surface area contributed by atoms with E-state index < -0.39 is 5.91 Å². The van der Waals surface area contributed by atoms with E-state index in [0.29, 0.717) is 17.4 Å². The Balaban J connectivity index is 1.86. The molecule has 0 bridgehead atoms. The molecular formula is C15H13ClN2O3. The average Bonchev–Trinajstić information content (AvgIpc) is 2.83. The summed E-state index contributed by atoms with van der Waals surface area (Å²) in [6.07, 6.45) is 0. The number of carbonyl (C=O) groups excluding carboxylic acids is 1. The third-order valence-corrected chi connectivity index (χ3v) is 3.68. The molecule has 1 heterocycles. The first-order valence-corrected chi connectivity index (χ1v) is 6.74. The third-order valence-electron chi connectivity index (χ3n) is 3.35. The highest BCUT2D eigenvalue weighted by Gasteiger charge is 2.24. The molecule has 0 saturated carbocycles. The number of nitrogens with two attached hydrogens (primary N) is 1. The number of phenolic OH excluding ortho intramolecular Hbond substituents is 1. The minimum Gasteiger partial charge on any atom is -0.508 e. The number of halogens is 1. The van der Waals surface area contributed by atoms with Crippen LogP contribution >= 0.6 is 11.6 Å². The van der Waals surface area contributed by atoms with Crippen LogP contribution in [0.4, 0.5) is 5.69 Å². The fourth-order valence-electron chi connectivity index (χ4n) is 2.32. The van der Waals surface area contributed by atoms with E-state index in [4.69, 9.17) is 22.1 Å². The second-order valence-electron chi connectivity index (χ2n) is 4.79. The van der Waals surface area contributed by atoms with Gasteiger partial charge in [0.15, 0.2) is 0 Å². The monoisotopic (exact) mass is 304 g/mol. The van der Waals surface area contributed by atoms with Crippen LogP contribution in [-0.4, -0.2) is 17.6 Å². The number of amides is 1. The number of fused-ring (bicyclic) bond motifs is 1. The van der Waals surface area contributed by atoms with Crippen molar-refractivity contribution in [3.63, 3.8) is 0 Å². The third kappa shape index (κ3) is 2.60. The summed E-state index contributed by atoms with van der Waals surface area (Å²) >= 11 is 5.93. The largest absolute Gasteiger partial charge is 0.508 e. The summed E-state index contributed by atoms with van der Waals surface area (Å²) < 4.78 is 5.53. The zero-order valence-electron chi connectivity index (χ0n) is 11.0. The van der Waals surface area contributed by atoms with Gasteiger partial charge < -0.3 is 20.9 Å². The Hall–Kier alpha value is -2.40. The number of benzene rings is 2. The van der Waals surface area contributed by atoms with Crippen LogP contribution < -0.4 is 15.8 Å². The summed E-state index contributed by atoms with van der Waals surface area (Å²) in [7, 11) is 0. The number of anilines is 1. The molecule has 1 aliphatic rings. The van der Waals surface area contributed by atoms with Gasteiger partial charge in [-0.3, -0.25) is 4.79 Å². The molecule has 5 nitrogen and oxygen atoms in total. The standard InChI is InChI=1S/C15H13ClN2O3/c16-12-4-1-8(5-11(12)15(17)20)18-13-7-21-14-6-9(19)2-3-10(13)14/h1-6,13,18-19H,7H2,(H2,17,20). The molecule has 2 aromatic carbocycles. The van der Waals surface area contributed by atoms with E-state index in [1.807, 2.05) is 0 Å². The summed E-state index contributed by atoms with van der Waals surface area (Å²) in [6, 6.07) is 9.93. The zero-order valence-corrected chi connectivity index (χ0v) is 11.7. The van der Waals surface area contributed by atoms with Gasteiger partial charge in [0.25, 0.3) is 0 Å². The van der Waals surface area contributed by atoms with E-state index in [2.05, 4.69) is 5.32 Å². The Morgan fingerprint density at radius 3 is 2.90 bits per heavy atom. The van der Waals surface area contributed by atoms with Crippen molar-refractivity contribution in [2.75, 3.05) is 11.9 Å². The van der Waals surface area contributed by atoms with Gasteiger partial charge >= 0.3 is 0 Å². The van der Waals surface area contributed by atoms with Gasteiger partial charge in [-0.1, -0.05) is 11.6 Å². The molecule has 2 aromatic rings. The molecule has 0 fully saturated rings. The zero-order chi connectivity index (χ0) is 15.0. The van der Waals surface area contributed by atoms with E-state index in [1.165, 1.54) is 0 Å². The van der Waals surface area contributed by atoms with E-state index >= 15 is 0 Å². The molecule has 21 heavy (non-hydrogen) atoms. The Morgan fingerprint density at radius 1 is 1.33 bits per heavy atom. The van der Waals surface area contributed by atoms with Gasteiger partial charge in [-0.2, -0.15) is 0 Å². The first-order valence-electron chi connectivity index (χ1n) is 6.36. The summed E-state index contributed by atoms with van der Waals surface area (Å²) in [5, 5.41) is 13.0. The second kappa shape index (κ2) is 5.18. The van der Waals surface area contributed by atoms with Crippen LogP contribution in [0.2, 0.25) is 5.02 Å². The maximum atomic E-state index is 11.3. The number of hydrogen-bond donors (Lipinski definition) is 3. The molecule has 0 saturated heterocycles. The predicted octanol–water partition coefficient (Wildman–Crippen LogP) is 2.69. The lowest BCUT2D eigenvalue weighted by Crippen LogP contribution is -2.14. The lowest BCUT2D eigenvalue weighted by molar-refractivity contribution is 0.100. The van der Waals surface area contributed by atoms with Crippen LogP contribution in [0.15, 0.2) is 36.4 Å². The lowest BCUT2D eigenvalue weighted by atomic mass is 10.1. The highest BCUT2D eigenvalue weighted by atomic mass is 35.5. The number of carbonyl (C=O) groups is 1. The Kier molecular flexibility index (Phi) is 3.35. The number of aromatic hydroxyl groups is 1. The fraction of sp³-hybridized carbons (Fsp3) is 0.133. The average molecular weight is 305 g/mol. The van der Waals surface area contributed by atoms with Crippen molar-refractivity contribution < 1.29 is 14.6 Å². The molecule has 3 rings (SSSR count). The van der Waals surface area contributed by atoms with Crippen LogP contribution in [0.25, 0.3) is 0 Å². The highest BCUT2D eigenvalue weighted by Crippen LogP contribution is 2.37. The SMILES string of the molecule is NC(=O)c1cc(NC2COc3cc(O)ccc32)ccc1Cl. The molecule has 0 radical (unpaired) electrons.